The number of para-hydroxylation sites is 4. The predicted molar refractivity (Wildman–Crippen MR) is 491 cm³/mol. The van der Waals surface area contributed by atoms with E-state index < -0.39 is 0 Å². The van der Waals surface area contributed by atoms with Crippen molar-refractivity contribution < 1.29 is 0 Å². The Bertz CT molecular complexity index is 5700. The molecule has 4 heterocycles. The maximum atomic E-state index is 2.81. The molecule has 2 aliphatic heterocycles. The van der Waals surface area contributed by atoms with Crippen LogP contribution in [0.5, 0.6) is 0 Å². The van der Waals surface area contributed by atoms with E-state index in [-0.39, 0.29) is 50.5 Å². The molecular formula is C108H111BN4. The second-order valence-electron chi connectivity index (χ2n) is 40.1. The highest BCUT2D eigenvalue weighted by molar-refractivity contribution is 7.00. The molecule has 1 atom stereocenters. The molecule has 0 N–H and O–H groups in total. The molecule has 0 radical (unpaired) electrons. The number of anilines is 6. The van der Waals surface area contributed by atoms with E-state index in [1.165, 1.54) is 155 Å². The molecule has 2 aliphatic rings. The fourth-order valence-corrected chi connectivity index (χ4v) is 18.0. The summed E-state index contributed by atoms with van der Waals surface area (Å²) in [4.78, 5) is 5.62. The molecule has 1 unspecified atom stereocenters. The monoisotopic (exact) mass is 1470 g/mol. The fraction of sp³-hybridized carbons (Fsp3) is 0.278. The highest BCUT2D eigenvalue weighted by Crippen LogP contribution is 2.57. The van der Waals surface area contributed by atoms with E-state index in [2.05, 4.69) is 438 Å². The zero-order chi connectivity index (χ0) is 79.7. The van der Waals surface area contributed by atoms with Gasteiger partial charge in [0.2, 0.25) is 0 Å². The molecule has 0 bridgehead atoms. The van der Waals surface area contributed by atoms with Gasteiger partial charge in [0, 0.05) is 77.9 Å². The third-order valence-electron chi connectivity index (χ3n) is 25.1. The molecule has 0 saturated carbocycles. The average Bonchev–Trinajstić information content (AvgIpc) is 1.52. The number of rotatable bonds is 9. The summed E-state index contributed by atoms with van der Waals surface area (Å²) >= 11 is 0. The van der Waals surface area contributed by atoms with Crippen LogP contribution in [0, 0.1) is 5.41 Å². The molecule has 0 spiro atoms. The normalized spacial score (nSPS) is 13.8. The zero-order valence-corrected chi connectivity index (χ0v) is 70.8. The maximum absolute atomic E-state index is 2.81. The second kappa shape index (κ2) is 26.6. The van der Waals surface area contributed by atoms with Gasteiger partial charge < -0.3 is 18.9 Å². The topological polar surface area (TPSA) is 16.3 Å². The van der Waals surface area contributed by atoms with Crippen LogP contribution >= 0.6 is 0 Å². The lowest BCUT2D eigenvalue weighted by Crippen LogP contribution is -2.61. The van der Waals surface area contributed by atoms with Gasteiger partial charge in [0.1, 0.15) is 0 Å². The van der Waals surface area contributed by atoms with Crippen LogP contribution in [0.15, 0.2) is 267 Å². The van der Waals surface area contributed by atoms with E-state index >= 15 is 0 Å². The number of nitrogens with zero attached hydrogens (tertiary/aromatic N) is 4. The van der Waals surface area contributed by atoms with Crippen LogP contribution in [0.4, 0.5) is 34.1 Å². The highest BCUT2D eigenvalue weighted by atomic mass is 15.2. The smallest absolute Gasteiger partial charge is 0.252 e. The number of benzene rings is 13. The fourth-order valence-electron chi connectivity index (χ4n) is 18.0. The number of fused-ring (bicyclic) bond motifs is 10. The second-order valence-corrected chi connectivity index (χ2v) is 40.1. The summed E-state index contributed by atoms with van der Waals surface area (Å²) < 4.78 is 5.07. The lowest BCUT2D eigenvalue weighted by atomic mass is 9.33. The molecule has 0 fully saturated rings. The number of hydrogen-bond donors (Lipinski definition) is 0. The van der Waals surface area contributed by atoms with Crippen molar-refractivity contribution in [3.05, 3.63) is 306 Å². The van der Waals surface area contributed by atoms with Crippen molar-refractivity contribution >= 4 is 101 Å². The van der Waals surface area contributed by atoms with E-state index in [0.717, 1.165) is 34.1 Å². The predicted octanol–water partition coefficient (Wildman–Crippen LogP) is 28.6. The molecule has 4 nitrogen and oxygen atoms in total. The Labute approximate surface area is 673 Å². The van der Waals surface area contributed by atoms with Crippen molar-refractivity contribution in [3.63, 3.8) is 0 Å². The molecule has 0 amide bonds. The summed E-state index contributed by atoms with van der Waals surface area (Å²) in [6, 6.07) is 105. The summed E-state index contributed by atoms with van der Waals surface area (Å²) in [5.74, 6) is 0.0742. The van der Waals surface area contributed by atoms with Crippen LogP contribution in [0.2, 0.25) is 0 Å². The Morgan fingerprint density at radius 3 is 0.796 bits per heavy atom. The standard InChI is InChI=1S/C108H111BN4/c1-67(102(2,3)4)72-59-97-99-98(60-72)113(101-87(70-37-33-41-75(57-70)105(11,12)13)63-78(108(20,21)22)64-88(101)71-38-34-42-76(58-71)106(14,15)16)96-66-80(111-93-49-29-25-45-83(93)84-46-26-30-50-94(84)111)52-54-90(96)109(99)89-53-51-79(110-91-47-27-23-43-81(91)82-44-24-28-48-92(82)110)65-95(89)112(97)100-85(68-35-31-39-73(55-68)103(5,6)7)61-77(107(17,18)19)62-86(100)69-36-32-40-74(56-69)104(8,9)10/h23-67H,1-22H3. The third kappa shape index (κ3) is 12.9. The zero-order valence-electron chi connectivity index (χ0n) is 70.8. The van der Waals surface area contributed by atoms with Gasteiger partial charge in [-0.25, -0.2) is 0 Å². The molecule has 15 aromatic rings. The number of aromatic nitrogens is 2. The molecule has 17 rings (SSSR count). The molecular weight excluding hydrogens is 1360 g/mol. The summed E-state index contributed by atoms with van der Waals surface area (Å²) in [5.41, 5.74) is 35.0. The molecule has 2 aromatic heterocycles. The minimum atomic E-state index is -0.265. The Morgan fingerprint density at radius 1 is 0.257 bits per heavy atom. The molecule has 13 aromatic carbocycles. The number of hydrogen-bond acceptors (Lipinski definition) is 2. The SMILES string of the molecule is CC(c1cc2c3c(c1)N(c1c(-c4cccc(C(C)(C)C)c4)cc(C(C)(C)C)cc1-c1cccc(C(C)(C)C)c1)c1cc(-n4c5ccccc5c5ccccc54)ccc1B3c1ccc(-n3c4ccccc4c4ccccc43)cc1N2c1c(-c2cccc(C(C)(C)C)c2)cc(C(C)(C)C)cc1-c1cccc(C(C)(C)C)c1)C(C)(C)C. The quantitative estimate of drug-likeness (QED) is 0.134. The Morgan fingerprint density at radius 2 is 0.531 bits per heavy atom. The summed E-state index contributed by atoms with van der Waals surface area (Å²) in [6.07, 6.45) is 0. The molecule has 0 saturated heterocycles. The van der Waals surface area contributed by atoms with Crippen molar-refractivity contribution in [1.29, 1.82) is 0 Å². The first kappa shape index (κ1) is 74.8. The minimum absolute atomic E-state index is 0.0742. The van der Waals surface area contributed by atoms with Gasteiger partial charge in [-0.05, 0) is 206 Å². The van der Waals surface area contributed by atoms with Crippen LogP contribution < -0.4 is 26.2 Å². The molecule has 113 heavy (non-hydrogen) atoms. The Hall–Kier alpha value is -10.9. The van der Waals surface area contributed by atoms with Crippen molar-refractivity contribution in [2.24, 2.45) is 5.41 Å². The van der Waals surface area contributed by atoms with Gasteiger partial charge in [-0.2, -0.15) is 0 Å². The molecule has 5 heteroatoms. The van der Waals surface area contributed by atoms with E-state index in [1.807, 2.05) is 0 Å². The van der Waals surface area contributed by atoms with Gasteiger partial charge >= 0.3 is 0 Å². The first-order valence-electron chi connectivity index (χ1n) is 41.2. The highest BCUT2D eigenvalue weighted by Gasteiger charge is 2.47. The Balaban J connectivity index is 1.11. The van der Waals surface area contributed by atoms with E-state index in [4.69, 9.17) is 0 Å². The van der Waals surface area contributed by atoms with Crippen LogP contribution in [0.25, 0.3) is 99.5 Å². The summed E-state index contributed by atoms with van der Waals surface area (Å²) in [7, 11) is 0. The van der Waals surface area contributed by atoms with Gasteiger partial charge in [0.15, 0.2) is 0 Å². The van der Waals surface area contributed by atoms with Crippen LogP contribution in [0.1, 0.15) is 197 Å². The summed E-state index contributed by atoms with van der Waals surface area (Å²) in [5, 5.41) is 4.94. The van der Waals surface area contributed by atoms with Gasteiger partial charge in [-0.3, -0.25) is 0 Å². The van der Waals surface area contributed by atoms with Gasteiger partial charge in [0.25, 0.3) is 6.71 Å². The van der Waals surface area contributed by atoms with E-state index in [0.29, 0.717) is 0 Å². The summed E-state index contributed by atoms with van der Waals surface area (Å²) in [6.45, 7) is 52.3. The first-order chi connectivity index (χ1) is 53.4. The van der Waals surface area contributed by atoms with Gasteiger partial charge in [-0.15, -0.1) is 0 Å². The van der Waals surface area contributed by atoms with Crippen molar-refractivity contribution in [2.45, 2.75) is 191 Å². The van der Waals surface area contributed by atoms with Gasteiger partial charge in [0.05, 0.1) is 33.4 Å². The Kier molecular flexibility index (Phi) is 17.6. The van der Waals surface area contributed by atoms with Crippen LogP contribution in [-0.2, 0) is 32.5 Å². The van der Waals surface area contributed by atoms with Gasteiger partial charge in [-0.1, -0.05) is 334 Å². The average molecular weight is 1480 g/mol. The van der Waals surface area contributed by atoms with E-state index in [9.17, 15) is 0 Å². The van der Waals surface area contributed by atoms with Crippen molar-refractivity contribution in [1.82, 2.24) is 9.13 Å². The van der Waals surface area contributed by atoms with E-state index in [1.54, 1.807) is 0 Å². The van der Waals surface area contributed by atoms with Crippen LogP contribution in [-0.4, -0.2) is 15.8 Å². The minimum Gasteiger partial charge on any atom is -0.310 e. The van der Waals surface area contributed by atoms with Crippen LogP contribution in [0.3, 0.4) is 0 Å². The lowest BCUT2D eigenvalue weighted by molar-refractivity contribution is 0.339. The third-order valence-corrected chi connectivity index (χ3v) is 25.1. The maximum Gasteiger partial charge on any atom is 0.252 e. The van der Waals surface area contributed by atoms with Crippen molar-refractivity contribution in [3.8, 4) is 55.9 Å². The molecule has 566 valence electrons. The first-order valence-corrected chi connectivity index (χ1v) is 41.2. The molecule has 0 aliphatic carbocycles. The lowest BCUT2D eigenvalue weighted by Gasteiger charge is -2.47. The van der Waals surface area contributed by atoms with Crippen molar-refractivity contribution in [2.75, 3.05) is 9.80 Å². The largest absolute Gasteiger partial charge is 0.310 e.